The minimum Gasteiger partial charge on any atom is -0.345 e. The number of nitrogens with zero attached hydrogens (tertiary/aromatic N) is 1. The summed E-state index contributed by atoms with van der Waals surface area (Å²) < 4.78 is 0.995. The largest absolute Gasteiger partial charge is 0.345 e. The molecule has 2 atom stereocenters. The summed E-state index contributed by atoms with van der Waals surface area (Å²) in [5.41, 5.74) is 1.02. The van der Waals surface area contributed by atoms with E-state index in [0.717, 1.165) is 10.0 Å². The Morgan fingerprint density at radius 1 is 1.33 bits per heavy atom. The molecule has 1 N–H and O–H groups in total. The Morgan fingerprint density at radius 2 is 1.94 bits per heavy atom. The van der Waals surface area contributed by atoms with Crippen molar-refractivity contribution in [1.82, 2.24) is 10.2 Å². The number of carbonyl (C=O) groups is 2. The van der Waals surface area contributed by atoms with Crippen molar-refractivity contribution in [3.05, 3.63) is 34.3 Å². The van der Waals surface area contributed by atoms with Crippen molar-refractivity contribution in [2.75, 3.05) is 6.54 Å². The Labute approximate surface area is 114 Å². The highest BCUT2D eigenvalue weighted by molar-refractivity contribution is 9.10. The number of benzene rings is 1. The number of hydrogen-bond donors (Lipinski definition) is 1. The molecule has 2 rings (SSSR count). The fraction of sp³-hybridized carbons (Fsp3) is 0.385. The molecule has 1 aliphatic heterocycles. The molecule has 0 radical (unpaired) electrons. The van der Waals surface area contributed by atoms with Crippen molar-refractivity contribution in [2.45, 2.75) is 25.9 Å². The van der Waals surface area contributed by atoms with Gasteiger partial charge >= 0.3 is 0 Å². The number of amides is 2. The van der Waals surface area contributed by atoms with Crippen LogP contribution in [0.4, 0.5) is 0 Å². The van der Waals surface area contributed by atoms with E-state index in [4.69, 9.17) is 0 Å². The maximum Gasteiger partial charge on any atom is 0.243 e. The van der Waals surface area contributed by atoms with Crippen LogP contribution in [0.5, 0.6) is 0 Å². The van der Waals surface area contributed by atoms with Crippen LogP contribution >= 0.6 is 15.9 Å². The molecule has 5 heteroatoms. The molecule has 1 heterocycles. The van der Waals surface area contributed by atoms with Crippen molar-refractivity contribution in [1.29, 1.82) is 0 Å². The first-order chi connectivity index (χ1) is 8.50. The van der Waals surface area contributed by atoms with Crippen LogP contribution in [0.3, 0.4) is 0 Å². The summed E-state index contributed by atoms with van der Waals surface area (Å²) in [6.07, 6.45) is 0. The molecule has 18 heavy (non-hydrogen) atoms. The zero-order chi connectivity index (χ0) is 13.3. The third kappa shape index (κ3) is 2.41. The minimum atomic E-state index is -0.426. The van der Waals surface area contributed by atoms with Crippen LogP contribution in [-0.4, -0.2) is 29.3 Å². The van der Waals surface area contributed by atoms with Gasteiger partial charge in [-0.05, 0) is 31.5 Å². The highest BCUT2D eigenvalue weighted by atomic mass is 79.9. The Kier molecular flexibility index (Phi) is 3.71. The molecule has 0 aromatic heterocycles. The fourth-order valence-electron chi connectivity index (χ4n) is 2.20. The first-order valence-corrected chi connectivity index (χ1v) is 6.64. The predicted molar refractivity (Wildman–Crippen MR) is 71.9 cm³/mol. The summed E-state index contributed by atoms with van der Waals surface area (Å²) in [4.78, 5) is 25.2. The van der Waals surface area contributed by atoms with Crippen LogP contribution in [0.2, 0.25) is 0 Å². The Hall–Kier alpha value is -1.36. The molecule has 1 aromatic rings. The SMILES string of the molecule is CC1C(=O)NCC(=O)N1C(C)c1ccc(Br)cc1. The lowest BCUT2D eigenvalue weighted by molar-refractivity contribution is -0.147. The molecule has 0 saturated carbocycles. The lowest BCUT2D eigenvalue weighted by Gasteiger charge is -2.37. The van der Waals surface area contributed by atoms with Gasteiger partial charge in [0.25, 0.3) is 0 Å². The van der Waals surface area contributed by atoms with Gasteiger partial charge in [0, 0.05) is 4.47 Å². The number of halogens is 1. The molecule has 2 amide bonds. The van der Waals surface area contributed by atoms with E-state index in [1.165, 1.54) is 0 Å². The van der Waals surface area contributed by atoms with Gasteiger partial charge in [0.1, 0.15) is 6.04 Å². The van der Waals surface area contributed by atoms with Crippen LogP contribution in [0.1, 0.15) is 25.5 Å². The second kappa shape index (κ2) is 5.10. The van der Waals surface area contributed by atoms with Gasteiger partial charge in [0.15, 0.2) is 0 Å². The maximum absolute atomic E-state index is 11.9. The first kappa shape index (κ1) is 13.1. The third-order valence-electron chi connectivity index (χ3n) is 3.27. The van der Waals surface area contributed by atoms with Gasteiger partial charge in [0.05, 0.1) is 12.6 Å². The van der Waals surface area contributed by atoms with Crippen LogP contribution < -0.4 is 5.32 Å². The van der Waals surface area contributed by atoms with Crippen molar-refractivity contribution in [3.8, 4) is 0 Å². The zero-order valence-electron chi connectivity index (χ0n) is 10.3. The smallest absolute Gasteiger partial charge is 0.243 e. The zero-order valence-corrected chi connectivity index (χ0v) is 11.9. The normalized spacial score (nSPS) is 21.7. The number of hydrogen-bond acceptors (Lipinski definition) is 2. The molecule has 0 bridgehead atoms. The highest BCUT2D eigenvalue weighted by Gasteiger charge is 2.34. The first-order valence-electron chi connectivity index (χ1n) is 5.85. The number of piperazine rings is 1. The second-order valence-electron chi connectivity index (χ2n) is 4.42. The van der Waals surface area contributed by atoms with Crippen LogP contribution in [-0.2, 0) is 9.59 Å². The Morgan fingerprint density at radius 3 is 2.56 bits per heavy atom. The van der Waals surface area contributed by atoms with Crippen molar-refractivity contribution >= 4 is 27.7 Å². The van der Waals surface area contributed by atoms with Gasteiger partial charge in [-0.25, -0.2) is 0 Å². The molecule has 1 aromatic carbocycles. The topological polar surface area (TPSA) is 49.4 Å². The van der Waals surface area contributed by atoms with E-state index in [1.54, 1.807) is 11.8 Å². The number of rotatable bonds is 2. The molecule has 1 fully saturated rings. The molecule has 96 valence electrons. The molecular formula is C13H15BrN2O2. The molecule has 0 spiro atoms. The van der Waals surface area contributed by atoms with E-state index in [-0.39, 0.29) is 24.4 Å². The van der Waals surface area contributed by atoms with Gasteiger partial charge in [0.2, 0.25) is 11.8 Å². The summed E-state index contributed by atoms with van der Waals surface area (Å²) >= 11 is 3.38. The van der Waals surface area contributed by atoms with E-state index >= 15 is 0 Å². The maximum atomic E-state index is 11.9. The highest BCUT2D eigenvalue weighted by Crippen LogP contribution is 2.25. The predicted octanol–water partition coefficient (Wildman–Crippen LogP) is 1.86. The van der Waals surface area contributed by atoms with Crippen molar-refractivity contribution < 1.29 is 9.59 Å². The van der Waals surface area contributed by atoms with E-state index in [2.05, 4.69) is 21.2 Å². The average Bonchev–Trinajstić information content (AvgIpc) is 2.35. The Balaban J connectivity index is 2.26. The van der Waals surface area contributed by atoms with E-state index in [9.17, 15) is 9.59 Å². The second-order valence-corrected chi connectivity index (χ2v) is 5.34. The lowest BCUT2D eigenvalue weighted by Crippen LogP contribution is -2.57. The lowest BCUT2D eigenvalue weighted by atomic mass is 10.0. The van der Waals surface area contributed by atoms with Crippen LogP contribution in [0.15, 0.2) is 28.7 Å². The summed E-state index contributed by atoms with van der Waals surface area (Å²) in [5, 5.41) is 2.59. The molecule has 4 nitrogen and oxygen atoms in total. The van der Waals surface area contributed by atoms with E-state index < -0.39 is 6.04 Å². The molecule has 2 unspecified atom stereocenters. The van der Waals surface area contributed by atoms with Gasteiger partial charge in [-0.1, -0.05) is 28.1 Å². The van der Waals surface area contributed by atoms with Crippen LogP contribution in [0.25, 0.3) is 0 Å². The van der Waals surface area contributed by atoms with Crippen molar-refractivity contribution in [3.63, 3.8) is 0 Å². The van der Waals surface area contributed by atoms with Gasteiger partial charge in [-0.2, -0.15) is 0 Å². The standard InChI is InChI=1S/C13H15BrN2O2/c1-8(10-3-5-11(14)6-4-10)16-9(2)13(18)15-7-12(16)17/h3-6,8-9H,7H2,1-2H3,(H,15,18). The summed E-state index contributed by atoms with van der Waals surface area (Å²) in [7, 11) is 0. The fourth-order valence-corrected chi connectivity index (χ4v) is 2.46. The molecule has 0 aliphatic carbocycles. The van der Waals surface area contributed by atoms with Gasteiger partial charge < -0.3 is 10.2 Å². The summed E-state index contributed by atoms with van der Waals surface area (Å²) in [6.45, 7) is 3.78. The quantitative estimate of drug-likeness (QED) is 0.906. The van der Waals surface area contributed by atoms with E-state index in [0.29, 0.717) is 0 Å². The third-order valence-corrected chi connectivity index (χ3v) is 3.80. The summed E-state index contributed by atoms with van der Waals surface area (Å²) in [6, 6.07) is 7.26. The minimum absolute atomic E-state index is 0.0440. The number of nitrogens with one attached hydrogen (secondary N) is 1. The Bertz CT molecular complexity index is 472. The van der Waals surface area contributed by atoms with Crippen molar-refractivity contribution in [2.24, 2.45) is 0 Å². The number of carbonyl (C=O) groups excluding carboxylic acids is 2. The van der Waals surface area contributed by atoms with Crippen LogP contribution in [0, 0.1) is 0 Å². The molecule has 1 aliphatic rings. The average molecular weight is 311 g/mol. The summed E-state index contributed by atoms with van der Waals surface area (Å²) in [5.74, 6) is -0.143. The molecule has 1 saturated heterocycles. The monoisotopic (exact) mass is 310 g/mol. The molecular weight excluding hydrogens is 296 g/mol. The van der Waals surface area contributed by atoms with Gasteiger partial charge in [-0.3, -0.25) is 9.59 Å². The van der Waals surface area contributed by atoms with Gasteiger partial charge in [-0.15, -0.1) is 0 Å². The van der Waals surface area contributed by atoms with E-state index in [1.807, 2.05) is 31.2 Å².